The van der Waals surface area contributed by atoms with Gasteiger partial charge in [0.15, 0.2) is 0 Å². The van der Waals surface area contributed by atoms with Gasteiger partial charge in [-0.15, -0.1) is 0 Å². The fraction of sp³-hybridized carbons (Fsp3) is 0.556. The number of carbonyl (C=O) groups excluding carboxylic acids is 2. The summed E-state index contributed by atoms with van der Waals surface area (Å²) in [6.07, 6.45) is 4.69. The molecule has 0 bridgehead atoms. The standard InChI is InChI=1S/C18H26N4O4/c1-12(2)10-15(17(24)25)21-18(26)22-8-5-13(6-9-22)16(23)20-14-4-3-7-19-11-14/h3-4,7,11-13,15H,5-6,8-10H2,1-2H3,(H,20,23)(H,21,26)(H,24,25)/t15-/m0/s1. The quantitative estimate of drug-likeness (QED) is 0.716. The lowest BCUT2D eigenvalue weighted by molar-refractivity contribution is -0.139. The van der Waals surface area contributed by atoms with Crippen molar-refractivity contribution in [2.24, 2.45) is 11.8 Å². The third kappa shape index (κ3) is 5.72. The van der Waals surface area contributed by atoms with Gasteiger partial charge in [0, 0.05) is 25.2 Å². The molecule has 2 heterocycles. The summed E-state index contributed by atoms with van der Waals surface area (Å²) in [5.74, 6) is -1.12. The Bertz CT molecular complexity index is 627. The zero-order valence-corrected chi connectivity index (χ0v) is 15.1. The van der Waals surface area contributed by atoms with Gasteiger partial charge in [0.2, 0.25) is 5.91 Å². The molecule has 1 atom stereocenters. The Labute approximate surface area is 153 Å². The first-order chi connectivity index (χ1) is 12.4. The number of nitrogens with zero attached hydrogens (tertiary/aromatic N) is 2. The number of hydrogen-bond donors (Lipinski definition) is 3. The Morgan fingerprint density at radius 2 is 2.00 bits per heavy atom. The molecule has 0 unspecified atom stereocenters. The maximum atomic E-state index is 12.3. The SMILES string of the molecule is CC(C)C[C@H](NC(=O)N1CCC(C(=O)Nc2cccnc2)CC1)C(=O)O. The van der Waals surface area contributed by atoms with Crippen LogP contribution in [0.2, 0.25) is 0 Å². The zero-order chi connectivity index (χ0) is 19.1. The molecule has 3 N–H and O–H groups in total. The van der Waals surface area contributed by atoms with Gasteiger partial charge in [-0.1, -0.05) is 13.8 Å². The van der Waals surface area contributed by atoms with Crippen LogP contribution < -0.4 is 10.6 Å². The Balaban J connectivity index is 1.82. The third-order valence-electron chi connectivity index (χ3n) is 4.38. The number of anilines is 1. The smallest absolute Gasteiger partial charge is 0.326 e. The van der Waals surface area contributed by atoms with Crippen LogP contribution in [0.4, 0.5) is 10.5 Å². The van der Waals surface area contributed by atoms with Crippen LogP contribution in [-0.2, 0) is 9.59 Å². The maximum absolute atomic E-state index is 12.3. The van der Waals surface area contributed by atoms with E-state index in [9.17, 15) is 19.5 Å². The Morgan fingerprint density at radius 3 is 2.54 bits per heavy atom. The largest absolute Gasteiger partial charge is 0.480 e. The molecule has 1 aliphatic heterocycles. The van der Waals surface area contributed by atoms with E-state index in [1.54, 1.807) is 29.4 Å². The summed E-state index contributed by atoms with van der Waals surface area (Å²) >= 11 is 0. The van der Waals surface area contributed by atoms with Crippen molar-refractivity contribution in [1.82, 2.24) is 15.2 Å². The van der Waals surface area contributed by atoms with Gasteiger partial charge in [-0.25, -0.2) is 9.59 Å². The molecule has 0 saturated carbocycles. The number of piperidine rings is 1. The van der Waals surface area contributed by atoms with E-state index in [1.165, 1.54) is 0 Å². The number of nitrogens with one attached hydrogen (secondary N) is 2. The van der Waals surface area contributed by atoms with Crippen molar-refractivity contribution in [1.29, 1.82) is 0 Å². The number of urea groups is 1. The van der Waals surface area contributed by atoms with Crippen molar-refractivity contribution in [2.75, 3.05) is 18.4 Å². The van der Waals surface area contributed by atoms with Crippen LogP contribution in [-0.4, -0.2) is 52.0 Å². The van der Waals surface area contributed by atoms with Crippen LogP contribution in [0.25, 0.3) is 0 Å². The van der Waals surface area contributed by atoms with E-state index in [2.05, 4.69) is 15.6 Å². The van der Waals surface area contributed by atoms with Crippen LogP contribution in [0.1, 0.15) is 33.1 Å². The molecule has 3 amide bonds. The fourth-order valence-electron chi connectivity index (χ4n) is 2.96. The molecule has 1 aromatic heterocycles. The van der Waals surface area contributed by atoms with Crippen molar-refractivity contribution in [3.8, 4) is 0 Å². The highest BCUT2D eigenvalue weighted by Crippen LogP contribution is 2.19. The van der Waals surface area contributed by atoms with E-state index in [0.717, 1.165) is 0 Å². The molecule has 142 valence electrons. The summed E-state index contributed by atoms with van der Waals surface area (Å²) in [5.41, 5.74) is 0.649. The Morgan fingerprint density at radius 1 is 1.31 bits per heavy atom. The Hall–Kier alpha value is -2.64. The molecule has 8 nitrogen and oxygen atoms in total. The highest BCUT2D eigenvalue weighted by molar-refractivity contribution is 5.92. The number of carboxylic acids is 1. The van der Waals surface area contributed by atoms with Crippen molar-refractivity contribution < 1.29 is 19.5 Å². The minimum atomic E-state index is -1.03. The summed E-state index contributed by atoms with van der Waals surface area (Å²) in [6, 6.07) is 2.24. The molecule has 0 radical (unpaired) electrons. The minimum Gasteiger partial charge on any atom is -0.480 e. The van der Waals surface area contributed by atoms with Gasteiger partial charge in [0.05, 0.1) is 11.9 Å². The number of aliphatic carboxylic acids is 1. The second kappa shape index (κ2) is 9.17. The third-order valence-corrected chi connectivity index (χ3v) is 4.38. The monoisotopic (exact) mass is 362 g/mol. The molecule has 26 heavy (non-hydrogen) atoms. The average molecular weight is 362 g/mol. The van der Waals surface area contributed by atoms with E-state index >= 15 is 0 Å². The van der Waals surface area contributed by atoms with Crippen LogP contribution in [0, 0.1) is 11.8 Å². The fourth-order valence-corrected chi connectivity index (χ4v) is 2.96. The summed E-state index contributed by atoms with van der Waals surface area (Å²) in [7, 11) is 0. The first-order valence-corrected chi connectivity index (χ1v) is 8.86. The lowest BCUT2D eigenvalue weighted by Gasteiger charge is -2.32. The van der Waals surface area contributed by atoms with Gasteiger partial charge in [-0.2, -0.15) is 0 Å². The van der Waals surface area contributed by atoms with Gasteiger partial charge < -0.3 is 20.6 Å². The summed E-state index contributed by atoms with van der Waals surface area (Å²) in [6.45, 7) is 4.67. The molecule has 2 rings (SSSR count). The molecule has 1 aromatic rings. The van der Waals surface area contributed by atoms with Crippen LogP contribution in [0.15, 0.2) is 24.5 Å². The van der Waals surface area contributed by atoms with Gasteiger partial charge in [-0.3, -0.25) is 9.78 Å². The summed E-state index contributed by atoms with van der Waals surface area (Å²) in [4.78, 5) is 41.4. The lowest BCUT2D eigenvalue weighted by Crippen LogP contribution is -2.51. The van der Waals surface area contributed by atoms with E-state index in [-0.39, 0.29) is 23.8 Å². The van der Waals surface area contributed by atoms with Crippen molar-refractivity contribution in [2.45, 2.75) is 39.2 Å². The van der Waals surface area contributed by atoms with Gasteiger partial charge >= 0.3 is 12.0 Å². The van der Waals surface area contributed by atoms with Gasteiger partial charge in [-0.05, 0) is 37.3 Å². The zero-order valence-electron chi connectivity index (χ0n) is 15.1. The average Bonchev–Trinajstić information content (AvgIpc) is 2.61. The van der Waals surface area contributed by atoms with E-state index in [1.807, 2.05) is 13.8 Å². The molecular weight excluding hydrogens is 336 g/mol. The number of aromatic nitrogens is 1. The molecule has 8 heteroatoms. The van der Waals surface area contributed by atoms with Gasteiger partial charge in [0.1, 0.15) is 6.04 Å². The normalized spacial score (nSPS) is 16.2. The van der Waals surface area contributed by atoms with E-state index in [4.69, 9.17) is 0 Å². The van der Waals surface area contributed by atoms with E-state index < -0.39 is 12.0 Å². The highest BCUT2D eigenvalue weighted by Gasteiger charge is 2.29. The van der Waals surface area contributed by atoms with Crippen molar-refractivity contribution in [3.05, 3.63) is 24.5 Å². The number of rotatable bonds is 6. The maximum Gasteiger partial charge on any atom is 0.326 e. The lowest BCUT2D eigenvalue weighted by atomic mass is 9.96. The predicted octanol–water partition coefficient (Wildman–Crippen LogP) is 1.94. The molecule has 0 aliphatic carbocycles. The van der Waals surface area contributed by atoms with Gasteiger partial charge in [0.25, 0.3) is 0 Å². The summed E-state index contributed by atoms with van der Waals surface area (Å²) < 4.78 is 0. The van der Waals surface area contributed by atoms with Crippen LogP contribution in [0.3, 0.4) is 0 Å². The number of carboxylic acid groups (broad SMARTS) is 1. The molecule has 0 aromatic carbocycles. The topological polar surface area (TPSA) is 112 Å². The minimum absolute atomic E-state index is 0.0821. The first-order valence-electron chi connectivity index (χ1n) is 8.86. The number of pyridine rings is 1. The van der Waals surface area contributed by atoms with E-state index in [0.29, 0.717) is 38.0 Å². The van der Waals surface area contributed by atoms with Crippen molar-refractivity contribution in [3.63, 3.8) is 0 Å². The van der Waals surface area contributed by atoms with Crippen LogP contribution >= 0.6 is 0 Å². The van der Waals surface area contributed by atoms with Crippen LogP contribution in [0.5, 0.6) is 0 Å². The number of hydrogen-bond acceptors (Lipinski definition) is 4. The molecular formula is C18H26N4O4. The second-order valence-electron chi connectivity index (χ2n) is 6.96. The Kier molecular flexibility index (Phi) is 6.94. The molecule has 1 fully saturated rings. The van der Waals surface area contributed by atoms with Crippen molar-refractivity contribution >= 4 is 23.6 Å². The predicted molar refractivity (Wildman–Crippen MR) is 96.6 cm³/mol. The second-order valence-corrected chi connectivity index (χ2v) is 6.96. The summed E-state index contributed by atoms with van der Waals surface area (Å²) in [5, 5.41) is 14.6. The number of likely N-dealkylation sites (tertiary alicyclic amines) is 1. The molecule has 0 spiro atoms. The number of carbonyl (C=O) groups is 3. The molecule has 1 aliphatic rings. The highest BCUT2D eigenvalue weighted by atomic mass is 16.4. The number of amides is 3. The molecule has 1 saturated heterocycles. The first kappa shape index (κ1) is 19.7.